The van der Waals surface area contributed by atoms with E-state index < -0.39 is 10.0 Å². The first-order valence-electron chi connectivity index (χ1n) is 9.24. The van der Waals surface area contributed by atoms with E-state index in [9.17, 15) is 13.2 Å². The van der Waals surface area contributed by atoms with Gasteiger partial charge in [-0.1, -0.05) is 19.3 Å². The van der Waals surface area contributed by atoms with E-state index in [4.69, 9.17) is 5.14 Å². The number of Topliss-reactive ketones (excluding diaryl/α,β-unsaturated/α-hetero) is 1. The lowest BCUT2D eigenvalue weighted by atomic mass is 10.0. The minimum Gasteiger partial charge on any atom is -0.318 e. The predicted molar refractivity (Wildman–Crippen MR) is 110 cm³/mol. The predicted octanol–water partition coefficient (Wildman–Crippen LogP) is 3.99. The molecule has 27 heavy (non-hydrogen) atoms. The Bertz CT molecular complexity index is 925. The fourth-order valence-corrected chi connectivity index (χ4v) is 5.46. The number of carbonyl (C=O) groups excluding carboxylic acids is 1. The van der Waals surface area contributed by atoms with Gasteiger partial charge < -0.3 is 4.57 Å². The van der Waals surface area contributed by atoms with E-state index in [1.54, 1.807) is 23.9 Å². The van der Waals surface area contributed by atoms with Gasteiger partial charge in [0, 0.05) is 27.9 Å². The number of nitrogens with two attached hydrogens (primary N) is 1. The monoisotopic (exact) mass is 406 g/mol. The Morgan fingerprint density at radius 3 is 2.37 bits per heavy atom. The lowest BCUT2D eigenvalue weighted by Crippen LogP contribution is -2.13. The van der Waals surface area contributed by atoms with Crippen LogP contribution in [0.3, 0.4) is 0 Å². The summed E-state index contributed by atoms with van der Waals surface area (Å²) >= 11 is 1.79. The Morgan fingerprint density at radius 1 is 1.15 bits per heavy atom. The molecule has 0 saturated heterocycles. The summed E-state index contributed by atoms with van der Waals surface area (Å²) in [5.41, 5.74) is 3.38. The van der Waals surface area contributed by atoms with Gasteiger partial charge in [-0.15, -0.1) is 0 Å². The van der Waals surface area contributed by atoms with Gasteiger partial charge in [0.1, 0.15) is 0 Å². The van der Waals surface area contributed by atoms with Crippen LogP contribution in [0.15, 0.2) is 35.2 Å². The van der Waals surface area contributed by atoms with E-state index >= 15 is 0 Å². The van der Waals surface area contributed by atoms with Crippen LogP contribution in [0, 0.1) is 13.8 Å². The Kier molecular flexibility index (Phi) is 6.13. The third kappa shape index (κ3) is 4.65. The third-order valence-corrected chi connectivity index (χ3v) is 7.46. The molecule has 0 radical (unpaired) electrons. The number of aryl methyl sites for hydroxylation is 1. The van der Waals surface area contributed by atoms with Gasteiger partial charge in [0.25, 0.3) is 0 Å². The fraction of sp³-hybridized carbons (Fsp3) is 0.450. The zero-order valence-electron chi connectivity index (χ0n) is 15.8. The molecule has 3 rings (SSSR count). The Hall–Kier alpha value is -1.57. The van der Waals surface area contributed by atoms with Crippen LogP contribution in [0.1, 0.15) is 53.8 Å². The van der Waals surface area contributed by atoms with Crippen molar-refractivity contribution >= 4 is 27.6 Å². The van der Waals surface area contributed by atoms with Crippen molar-refractivity contribution in [1.82, 2.24) is 4.57 Å². The van der Waals surface area contributed by atoms with Crippen LogP contribution in [-0.2, 0) is 10.0 Å². The van der Waals surface area contributed by atoms with Gasteiger partial charge in [-0.3, -0.25) is 4.79 Å². The standard InChI is InChI=1S/C20H26N2O3S2/c1-14-12-19(20(23)13-26-17-6-4-3-5-7-17)15(2)22(14)16-8-10-18(11-9-16)27(21,24)25/h8-12,17H,3-7,13H2,1-2H3,(H2,21,24,25). The molecule has 1 aromatic carbocycles. The molecule has 1 heterocycles. The van der Waals surface area contributed by atoms with Crippen molar-refractivity contribution in [1.29, 1.82) is 0 Å². The molecule has 0 bridgehead atoms. The zero-order valence-corrected chi connectivity index (χ0v) is 17.4. The van der Waals surface area contributed by atoms with Gasteiger partial charge in [0.15, 0.2) is 5.78 Å². The van der Waals surface area contributed by atoms with Crippen molar-refractivity contribution in [2.75, 3.05) is 5.75 Å². The number of hydrogen-bond acceptors (Lipinski definition) is 4. The van der Waals surface area contributed by atoms with Crippen LogP contribution < -0.4 is 5.14 Å². The molecule has 1 fully saturated rings. The number of hydrogen-bond donors (Lipinski definition) is 1. The maximum atomic E-state index is 12.8. The largest absolute Gasteiger partial charge is 0.318 e. The molecule has 5 nitrogen and oxygen atoms in total. The number of carbonyl (C=O) groups is 1. The number of benzene rings is 1. The summed E-state index contributed by atoms with van der Waals surface area (Å²) in [5.74, 6) is 0.672. The molecule has 0 aliphatic heterocycles. The maximum absolute atomic E-state index is 12.8. The van der Waals surface area contributed by atoms with Crippen LogP contribution in [0.2, 0.25) is 0 Å². The van der Waals surface area contributed by atoms with Crippen molar-refractivity contribution in [2.45, 2.75) is 56.1 Å². The summed E-state index contributed by atoms with van der Waals surface area (Å²) in [5, 5.41) is 5.77. The van der Waals surface area contributed by atoms with Crippen LogP contribution in [0.25, 0.3) is 5.69 Å². The van der Waals surface area contributed by atoms with Gasteiger partial charge >= 0.3 is 0 Å². The Labute approximate surface area is 165 Å². The number of rotatable bonds is 6. The zero-order chi connectivity index (χ0) is 19.6. The third-order valence-electron chi connectivity index (χ3n) is 5.16. The lowest BCUT2D eigenvalue weighted by molar-refractivity contribution is 0.102. The molecular weight excluding hydrogens is 380 g/mol. The summed E-state index contributed by atoms with van der Waals surface area (Å²) in [6.45, 7) is 3.88. The van der Waals surface area contributed by atoms with Gasteiger partial charge in [-0.2, -0.15) is 11.8 Å². The van der Waals surface area contributed by atoms with Gasteiger partial charge in [0.2, 0.25) is 10.0 Å². The number of sulfonamides is 1. The molecule has 7 heteroatoms. The molecule has 2 N–H and O–H groups in total. The van der Waals surface area contributed by atoms with Crippen LogP contribution >= 0.6 is 11.8 Å². The second-order valence-electron chi connectivity index (χ2n) is 7.15. The Morgan fingerprint density at radius 2 is 1.78 bits per heavy atom. The molecule has 146 valence electrons. The smallest absolute Gasteiger partial charge is 0.238 e. The van der Waals surface area contributed by atoms with Crippen molar-refractivity contribution < 1.29 is 13.2 Å². The van der Waals surface area contributed by atoms with Gasteiger partial charge in [-0.05, 0) is 57.0 Å². The van der Waals surface area contributed by atoms with Crippen molar-refractivity contribution in [2.24, 2.45) is 5.14 Å². The fourth-order valence-electron chi connectivity index (χ4n) is 3.73. The van der Waals surface area contributed by atoms with E-state index in [0.29, 0.717) is 11.0 Å². The first kappa shape index (κ1) is 20.2. The van der Waals surface area contributed by atoms with Gasteiger partial charge in [0.05, 0.1) is 10.6 Å². The molecule has 1 aromatic heterocycles. The topological polar surface area (TPSA) is 82.2 Å². The number of primary sulfonamides is 1. The Balaban J connectivity index is 1.78. The highest BCUT2D eigenvalue weighted by Crippen LogP contribution is 2.29. The number of thioether (sulfide) groups is 1. The van der Waals surface area contributed by atoms with Crippen molar-refractivity contribution in [3.05, 3.63) is 47.3 Å². The van der Waals surface area contributed by atoms with Crippen LogP contribution in [-0.4, -0.2) is 29.8 Å². The molecular formula is C20H26N2O3S2. The minimum absolute atomic E-state index is 0.0777. The summed E-state index contributed by atoms with van der Waals surface area (Å²) in [6.07, 6.45) is 6.29. The van der Waals surface area contributed by atoms with E-state index in [0.717, 1.165) is 22.6 Å². The quantitative estimate of drug-likeness (QED) is 0.735. The van der Waals surface area contributed by atoms with Crippen molar-refractivity contribution in [3.8, 4) is 5.69 Å². The average molecular weight is 407 g/mol. The van der Waals surface area contributed by atoms with E-state index in [2.05, 4.69) is 0 Å². The molecule has 1 aliphatic carbocycles. The normalized spacial score (nSPS) is 15.8. The highest BCUT2D eigenvalue weighted by atomic mass is 32.2. The van der Waals surface area contributed by atoms with Crippen LogP contribution in [0.4, 0.5) is 0 Å². The summed E-state index contributed by atoms with van der Waals surface area (Å²) < 4.78 is 24.8. The number of nitrogens with zero attached hydrogens (tertiary/aromatic N) is 1. The number of aromatic nitrogens is 1. The second-order valence-corrected chi connectivity index (χ2v) is 10.0. The maximum Gasteiger partial charge on any atom is 0.238 e. The van der Waals surface area contributed by atoms with E-state index in [-0.39, 0.29) is 10.7 Å². The van der Waals surface area contributed by atoms with E-state index in [1.807, 2.05) is 24.5 Å². The average Bonchev–Trinajstić information content (AvgIpc) is 2.94. The first-order chi connectivity index (χ1) is 12.8. The summed E-state index contributed by atoms with van der Waals surface area (Å²) in [4.78, 5) is 12.8. The van der Waals surface area contributed by atoms with E-state index in [1.165, 1.54) is 44.2 Å². The van der Waals surface area contributed by atoms with Crippen molar-refractivity contribution in [3.63, 3.8) is 0 Å². The van der Waals surface area contributed by atoms with Gasteiger partial charge in [-0.25, -0.2) is 13.6 Å². The SMILES string of the molecule is Cc1cc(C(=O)CSC2CCCCC2)c(C)n1-c1ccc(S(N)(=O)=O)cc1. The highest BCUT2D eigenvalue weighted by molar-refractivity contribution is 8.00. The molecule has 1 aliphatic rings. The van der Waals surface area contributed by atoms with Crippen LogP contribution in [0.5, 0.6) is 0 Å². The molecule has 2 aromatic rings. The molecule has 0 spiro atoms. The second kappa shape index (κ2) is 8.20. The molecule has 0 atom stereocenters. The molecule has 1 saturated carbocycles. The molecule has 0 amide bonds. The first-order valence-corrected chi connectivity index (χ1v) is 11.8. The minimum atomic E-state index is -3.71. The number of ketones is 1. The summed E-state index contributed by atoms with van der Waals surface area (Å²) in [6, 6.07) is 8.33. The summed E-state index contributed by atoms with van der Waals surface area (Å²) in [7, 11) is -3.71. The highest BCUT2D eigenvalue weighted by Gasteiger charge is 2.20. The molecule has 0 unspecified atom stereocenters. The lowest BCUT2D eigenvalue weighted by Gasteiger charge is -2.20.